The van der Waals surface area contributed by atoms with Crippen molar-refractivity contribution in [2.75, 3.05) is 6.61 Å². The molecule has 0 radical (unpaired) electrons. The maximum absolute atomic E-state index is 10.7. The Hall–Kier alpha value is -2.28. The van der Waals surface area contributed by atoms with Gasteiger partial charge in [0, 0.05) is 23.4 Å². The van der Waals surface area contributed by atoms with Crippen LogP contribution >= 0.6 is 0 Å². The number of nitrogens with zero attached hydrogens (tertiary/aromatic N) is 2. The van der Waals surface area contributed by atoms with E-state index in [2.05, 4.69) is 10.4 Å². The van der Waals surface area contributed by atoms with Crippen molar-refractivity contribution < 1.29 is 19.7 Å². The molecule has 0 bridgehead atoms. The molecule has 7 nitrogen and oxygen atoms in total. The second-order valence-corrected chi connectivity index (χ2v) is 5.33. The van der Waals surface area contributed by atoms with E-state index in [9.17, 15) is 9.90 Å². The Labute approximate surface area is 121 Å². The van der Waals surface area contributed by atoms with Crippen molar-refractivity contribution in [3.63, 3.8) is 0 Å². The Kier molecular flexibility index (Phi) is 3.42. The van der Waals surface area contributed by atoms with Gasteiger partial charge >= 0.3 is 6.09 Å². The SMILES string of the molecule is C[C@@H](Cn1ncc2ccc3c(c21)C[C@@H](O)CO3)NC(=O)O. The second-order valence-electron chi connectivity index (χ2n) is 5.33. The molecule has 0 unspecified atom stereocenters. The fraction of sp³-hybridized carbons (Fsp3) is 0.429. The second kappa shape index (κ2) is 5.25. The number of carbonyl (C=O) groups is 1. The average Bonchev–Trinajstić information content (AvgIpc) is 2.81. The van der Waals surface area contributed by atoms with Gasteiger partial charge in [0.25, 0.3) is 0 Å². The fourth-order valence-corrected chi connectivity index (χ4v) is 2.70. The van der Waals surface area contributed by atoms with Crippen LogP contribution in [0, 0.1) is 0 Å². The molecule has 2 heterocycles. The number of aliphatic hydroxyl groups is 1. The molecule has 1 aliphatic rings. The van der Waals surface area contributed by atoms with E-state index in [1.165, 1.54) is 0 Å². The molecule has 0 saturated carbocycles. The highest BCUT2D eigenvalue weighted by molar-refractivity contribution is 5.84. The molecule has 2 atom stereocenters. The summed E-state index contributed by atoms with van der Waals surface area (Å²) in [5.74, 6) is 0.758. The topological polar surface area (TPSA) is 96.6 Å². The minimum atomic E-state index is -1.06. The van der Waals surface area contributed by atoms with Gasteiger partial charge < -0.3 is 20.3 Å². The molecule has 0 aliphatic carbocycles. The smallest absolute Gasteiger partial charge is 0.404 e. The maximum atomic E-state index is 10.7. The van der Waals surface area contributed by atoms with Crippen LogP contribution in [0.25, 0.3) is 10.9 Å². The molecule has 0 spiro atoms. The third-order valence-electron chi connectivity index (χ3n) is 3.55. The number of hydrogen-bond acceptors (Lipinski definition) is 4. The first-order valence-electron chi connectivity index (χ1n) is 6.82. The van der Waals surface area contributed by atoms with Gasteiger partial charge in [-0.1, -0.05) is 0 Å². The van der Waals surface area contributed by atoms with Gasteiger partial charge in [-0.2, -0.15) is 5.10 Å². The summed E-state index contributed by atoms with van der Waals surface area (Å²) in [6, 6.07) is 3.54. The summed E-state index contributed by atoms with van der Waals surface area (Å²) < 4.78 is 7.30. The highest BCUT2D eigenvalue weighted by atomic mass is 16.5. The summed E-state index contributed by atoms with van der Waals surface area (Å²) in [6.07, 6.45) is 0.671. The largest absolute Gasteiger partial charge is 0.491 e. The van der Waals surface area contributed by atoms with E-state index in [4.69, 9.17) is 9.84 Å². The number of ether oxygens (including phenoxy) is 1. The maximum Gasteiger partial charge on any atom is 0.404 e. The Morgan fingerprint density at radius 3 is 3.19 bits per heavy atom. The molecule has 1 amide bonds. The van der Waals surface area contributed by atoms with E-state index in [1.54, 1.807) is 17.8 Å². The number of benzene rings is 1. The molecule has 2 aromatic rings. The van der Waals surface area contributed by atoms with E-state index in [1.807, 2.05) is 12.1 Å². The molecule has 3 N–H and O–H groups in total. The van der Waals surface area contributed by atoms with Gasteiger partial charge in [0.05, 0.1) is 24.4 Å². The predicted octanol–water partition coefficient (Wildman–Crippen LogP) is 0.988. The summed E-state index contributed by atoms with van der Waals surface area (Å²) in [4.78, 5) is 10.7. The van der Waals surface area contributed by atoms with E-state index in [0.717, 1.165) is 22.2 Å². The van der Waals surface area contributed by atoms with Crippen molar-refractivity contribution in [1.82, 2.24) is 15.1 Å². The first-order chi connectivity index (χ1) is 10.0. The zero-order valence-electron chi connectivity index (χ0n) is 11.6. The summed E-state index contributed by atoms with van der Waals surface area (Å²) >= 11 is 0. The normalized spacial score (nSPS) is 18.9. The van der Waals surface area contributed by atoms with Gasteiger partial charge in [0.2, 0.25) is 0 Å². The standard InChI is InChI=1S/C14H17N3O4/c1-8(16-14(19)20)6-17-13-9(5-15-17)2-3-12-11(13)4-10(18)7-21-12/h2-3,5,8,10,16,18H,4,6-7H2,1H3,(H,19,20)/t8-,10+/m0/s1. The van der Waals surface area contributed by atoms with Gasteiger partial charge in [-0.15, -0.1) is 0 Å². The van der Waals surface area contributed by atoms with Crippen molar-refractivity contribution in [3.05, 3.63) is 23.9 Å². The zero-order valence-corrected chi connectivity index (χ0v) is 11.6. The number of nitrogens with one attached hydrogen (secondary N) is 1. The highest BCUT2D eigenvalue weighted by Crippen LogP contribution is 2.32. The van der Waals surface area contributed by atoms with Crippen LogP contribution in [0.1, 0.15) is 12.5 Å². The number of rotatable bonds is 3. The lowest BCUT2D eigenvalue weighted by Gasteiger charge is -2.23. The first-order valence-corrected chi connectivity index (χ1v) is 6.82. The van der Waals surface area contributed by atoms with Crippen molar-refractivity contribution in [1.29, 1.82) is 0 Å². The summed E-state index contributed by atoms with van der Waals surface area (Å²) in [6.45, 7) is 2.49. The number of aliphatic hydroxyl groups excluding tert-OH is 1. The van der Waals surface area contributed by atoms with Crippen LogP contribution in [0.2, 0.25) is 0 Å². The molecule has 1 aromatic heterocycles. The minimum absolute atomic E-state index is 0.268. The molecular weight excluding hydrogens is 274 g/mol. The minimum Gasteiger partial charge on any atom is -0.491 e. The predicted molar refractivity (Wildman–Crippen MR) is 75.6 cm³/mol. The lowest BCUT2D eigenvalue weighted by molar-refractivity contribution is 0.0926. The van der Waals surface area contributed by atoms with Gasteiger partial charge in [0.1, 0.15) is 12.4 Å². The first kappa shape index (κ1) is 13.7. The van der Waals surface area contributed by atoms with Gasteiger partial charge in [-0.25, -0.2) is 4.79 Å². The van der Waals surface area contributed by atoms with Crippen LogP contribution in [0.15, 0.2) is 18.3 Å². The molecular formula is C14H17N3O4. The van der Waals surface area contributed by atoms with Crippen LogP contribution in [-0.4, -0.2) is 44.8 Å². The third kappa shape index (κ3) is 2.64. The molecule has 1 aliphatic heterocycles. The molecule has 1 aromatic carbocycles. The van der Waals surface area contributed by atoms with Crippen LogP contribution in [-0.2, 0) is 13.0 Å². The Morgan fingerprint density at radius 1 is 1.62 bits per heavy atom. The summed E-state index contributed by atoms with van der Waals surface area (Å²) in [5.41, 5.74) is 1.82. The molecule has 3 rings (SSSR count). The molecule has 0 fully saturated rings. The Bertz CT molecular complexity index is 682. The molecule has 21 heavy (non-hydrogen) atoms. The number of fused-ring (bicyclic) bond motifs is 3. The fourth-order valence-electron chi connectivity index (χ4n) is 2.70. The molecule has 0 saturated heterocycles. The molecule has 7 heteroatoms. The van der Waals surface area contributed by atoms with Crippen molar-refractivity contribution in [2.45, 2.75) is 32.0 Å². The zero-order chi connectivity index (χ0) is 15.0. The number of hydrogen-bond donors (Lipinski definition) is 3. The van der Waals surface area contributed by atoms with E-state index >= 15 is 0 Å². The van der Waals surface area contributed by atoms with Crippen LogP contribution in [0.5, 0.6) is 5.75 Å². The van der Waals surface area contributed by atoms with Crippen molar-refractivity contribution in [2.24, 2.45) is 0 Å². The average molecular weight is 291 g/mol. The lowest BCUT2D eigenvalue weighted by atomic mass is 10.0. The van der Waals surface area contributed by atoms with Crippen LogP contribution in [0.4, 0.5) is 4.79 Å². The van der Waals surface area contributed by atoms with Gasteiger partial charge in [0.15, 0.2) is 0 Å². The monoisotopic (exact) mass is 291 g/mol. The van der Waals surface area contributed by atoms with Crippen molar-refractivity contribution in [3.8, 4) is 5.75 Å². The van der Waals surface area contributed by atoms with Crippen LogP contribution in [0.3, 0.4) is 0 Å². The van der Waals surface area contributed by atoms with E-state index < -0.39 is 12.2 Å². The van der Waals surface area contributed by atoms with Gasteiger partial charge in [-0.05, 0) is 19.1 Å². The van der Waals surface area contributed by atoms with E-state index in [-0.39, 0.29) is 6.04 Å². The van der Waals surface area contributed by atoms with E-state index in [0.29, 0.717) is 19.6 Å². The molecule has 112 valence electrons. The third-order valence-corrected chi connectivity index (χ3v) is 3.55. The van der Waals surface area contributed by atoms with Crippen LogP contribution < -0.4 is 10.1 Å². The summed E-state index contributed by atoms with van der Waals surface area (Å²) in [7, 11) is 0. The number of amides is 1. The summed E-state index contributed by atoms with van der Waals surface area (Å²) in [5, 5.41) is 26.2. The van der Waals surface area contributed by atoms with Gasteiger partial charge in [-0.3, -0.25) is 4.68 Å². The Balaban J connectivity index is 1.98. The quantitative estimate of drug-likeness (QED) is 0.783. The highest BCUT2D eigenvalue weighted by Gasteiger charge is 2.22. The number of aromatic nitrogens is 2. The van der Waals surface area contributed by atoms with Crippen molar-refractivity contribution >= 4 is 17.0 Å². The Morgan fingerprint density at radius 2 is 2.43 bits per heavy atom. The lowest BCUT2D eigenvalue weighted by Crippen LogP contribution is -2.35. The number of carboxylic acid groups (broad SMARTS) is 1.